The number of nitrogens with zero attached hydrogens (tertiary/aromatic N) is 2. The van der Waals surface area contributed by atoms with E-state index in [2.05, 4.69) is 60.2 Å². The molecule has 0 bridgehead atoms. The normalized spacial score (nSPS) is 17.2. The van der Waals surface area contributed by atoms with Crippen molar-refractivity contribution in [2.75, 3.05) is 14.1 Å². The highest BCUT2D eigenvalue weighted by atomic mass is 32.2. The standard InChI is InChI=1S/C18H24FN5S.C2H7N.CH3N/c1-17(2)6-13(7-18(3,4)24-17)25-16(20)15-14(19)5-11(8-21-15)12-9-22-23-10-12;1-3-2;1-2/h5,8-10,13,20,24H,6-7H2,1-4H3,(H,22,23);3H,1-2H3;2H,1H2. The molecular weight excluding hydrogens is 401 g/mol. The number of H-pyrrole nitrogens is 1. The lowest BCUT2D eigenvalue weighted by Crippen LogP contribution is -2.58. The molecule has 7 nitrogen and oxygen atoms in total. The Morgan fingerprint density at radius 1 is 1.17 bits per heavy atom. The van der Waals surface area contributed by atoms with Crippen molar-refractivity contribution in [3.63, 3.8) is 0 Å². The van der Waals surface area contributed by atoms with Gasteiger partial charge in [0.1, 0.15) is 10.7 Å². The first-order valence-electron chi connectivity index (χ1n) is 9.70. The lowest BCUT2D eigenvalue weighted by atomic mass is 9.82. The third-order valence-corrected chi connectivity index (χ3v) is 5.42. The molecule has 0 unspecified atom stereocenters. The molecule has 1 aliphatic heterocycles. The van der Waals surface area contributed by atoms with Gasteiger partial charge >= 0.3 is 0 Å². The van der Waals surface area contributed by atoms with Gasteiger partial charge < -0.3 is 16.0 Å². The van der Waals surface area contributed by atoms with Crippen LogP contribution in [-0.4, -0.2) is 57.4 Å². The first-order valence-corrected chi connectivity index (χ1v) is 10.6. The maximum absolute atomic E-state index is 14.5. The maximum Gasteiger partial charge on any atom is 0.152 e. The van der Waals surface area contributed by atoms with E-state index in [1.165, 1.54) is 17.8 Å². The second-order valence-corrected chi connectivity index (χ2v) is 9.72. The van der Waals surface area contributed by atoms with E-state index in [1.807, 2.05) is 14.1 Å². The number of rotatable bonds is 3. The molecular formula is C21H34FN7S. The highest BCUT2D eigenvalue weighted by Gasteiger charge is 2.38. The van der Waals surface area contributed by atoms with Crippen molar-refractivity contribution in [2.24, 2.45) is 0 Å². The lowest BCUT2D eigenvalue weighted by Gasteiger charge is -2.46. The smallest absolute Gasteiger partial charge is 0.152 e. The third-order valence-electron chi connectivity index (χ3n) is 4.33. The zero-order valence-corrected chi connectivity index (χ0v) is 19.5. The molecule has 5 N–H and O–H groups in total. The van der Waals surface area contributed by atoms with Crippen LogP contribution in [-0.2, 0) is 0 Å². The molecule has 0 spiro atoms. The van der Waals surface area contributed by atoms with Gasteiger partial charge in [0.05, 0.1) is 6.20 Å². The van der Waals surface area contributed by atoms with Gasteiger partial charge in [0.2, 0.25) is 0 Å². The number of aromatic amines is 1. The van der Waals surface area contributed by atoms with Crippen LogP contribution in [0.4, 0.5) is 4.39 Å². The van der Waals surface area contributed by atoms with Gasteiger partial charge in [-0.15, -0.1) is 11.8 Å². The first-order chi connectivity index (χ1) is 14.1. The van der Waals surface area contributed by atoms with E-state index >= 15 is 0 Å². The van der Waals surface area contributed by atoms with Crippen molar-refractivity contribution >= 4 is 23.5 Å². The van der Waals surface area contributed by atoms with Crippen molar-refractivity contribution in [3.8, 4) is 11.1 Å². The Bertz CT molecular complexity index is 790. The summed E-state index contributed by atoms with van der Waals surface area (Å²) in [5.74, 6) is -0.469. The van der Waals surface area contributed by atoms with Gasteiger partial charge in [-0.1, -0.05) is 0 Å². The van der Waals surface area contributed by atoms with E-state index in [1.54, 1.807) is 18.6 Å². The number of hydrogen-bond donors (Lipinski definition) is 5. The molecule has 0 radical (unpaired) electrons. The van der Waals surface area contributed by atoms with E-state index in [0.717, 1.165) is 18.4 Å². The third kappa shape index (κ3) is 7.62. The molecule has 0 atom stereocenters. The van der Waals surface area contributed by atoms with Gasteiger partial charge in [0.15, 0.2) is 5.82 Å². The molecule has 2 aromatic rings. The van der Waals surface area contributed by atoms with Gasteiger partial charge in [0.25, 0.3) is 0 Å². The predicted molar refractivity (Wildman–Crippen MR) is 125 cm³/mol. The molecule has 9 heteroatoms. The Hall–Kier alpha value is -2.10. The largest absolute Gasteiger partial charge is 0.323 e. The van der Waals surface area contributed by atoms with E-state index in [-0.39, 0.29) is 27.1 Å². The van der Waals surface area contributed by atoms with Crippen molar-refractivity contribution in [1.29, 1.82) is 10.8 Å². The number of halogens is 1. The summed E-state index contributed by atoms with van der Waals surface area (Å²) in [6, 6.07) is 1.42. The summed E-state index contributed by atoms with van der Waals surface area (Å²) in [7, 11) is 3.75. The Morgan fingerprint density at radius 2 is 1.73 bits per heavy atom. The lowest BCUT2D eigenvalue weighted by molar-refractivity contribution is 0.189. The zero-order chi connectivity index (χ0) is 22.9. The summed E-state index contributed by atoms with van der Waals surface area (Å²) in [4.78, 5) is 4.19. The Labute approximate surface area is 183 Å². The number of piperidine rings is 1. The van der Waals surface area contributed by atoms with Crippen LogP contribution < -0.4 is 10.6 Å². The minimum absolute atomic E-state index is 0.00316. The molecule has 0 amide bonds. The van der Waals surface area contributed by atoms with E-state index in [4.69, 9.17) is 10.8 Å². The minimum Gasteiger partial charge on any atom is -0.323 e. The van der Waals surface area contributed by atoms with Crippen LogP contribution >= 0.6 is 11.8 Å². The summed E-state index contributed by atoms with van der Waals surface area (Å²) < 4.78 is 14.5. The zero-order valence-electron chi connectivity index (χ0n) is 18.7. The number of thioether (sulfide) groups is 1. The van der Waals surface area contributed by atoms with Crippen LogP contribution in [0.2, 0.25) is 0 Å². The second kappa shape index (κ2) is 11.3. The van der Waals surface area contributed by atoms with Gasteiger partial charge in [-0.25, -0.2) is 4.39 Å². The fraction of sp³-hybridized carbons (Fsp3) is 0.524. The Morgan fingerprint density at radius 3 is 2.20 bits per heavy atom. The predicted octanol–water partition coefficient (Wildman–Crippen LogP) is 4.08. The van der Waals surface area contributed by atoms with Crippen molar-refractivity contribution in [3.05, 3.63) is 36.2 Å². The average Bonchev–Trinajstić information content (AvgIpc) is 3.15. The van der Waals surface area contributed by atoms with Gasteiger partial charge in [-0.2, -0.15) is 5.10 Å². The SMILES string of the molecule is C=N.CC1(C)CC(SC(=N)c2ncc(-c3cn[nH]c3)cc2F)CC(C)(C)N1.CNC. The molecule has 1 saturated heterocycles. The van der Waals surface area contributed by atoms with Crippen LogP contribution in [0, 0.1) is 16.6 Å². The molecule has 30 heavy (non-hydrogen) atoms. The Kier molecular flexibility index (Phi) is 9.80. The molecule has 0 saturated carbocycles. The molecule has 0 aliphatic carbocycles. The van der Waals surface area contributed by atoms with Gasteiger partial charge in [0, 0.05) is 39.8 Å². The van der Waals surface area contributed by atoms with E-state index < -0.39 is 5.82 Å². The van der Waals surface area contributed by atoms with Crippen LogP contribution in [0.5, 0.6) is 0 Å². The van der Waals surface area contributed by atoms with Gasteiger partial charge in [-0.3, -0.25) is 15.5 Å². The fourth-order valence-electron chi connectivity index (χ4n) is 3.71. The summed E-state index contributed by atoms with van der Waals surface area (Å²) in [6.07, 6.45) is 6.76. The number of hydrogen-bond acceptors (Lipinski definition) is 7. The summed E-state index contributed by atoms with van der Waals surface area (Å²) in [5.41, 5.74) is 1.54. The highest BCUT2D eigenvalue weighted by molar-refractivity contribution is 8.14. The van der Waals surface area contributed by atoms with Crippen molar-refractivity contribution in [1.82, 2.24) is 25.8 Å². The number of nitrogens with one attached hydrogen (secondary N) is 5. The van der Waals surface area contributed by atoms with Crippen molar-refractivity contribution < 1.29 is 4.39 Å². The highest BCUT2D eigenvalue weighted by Crippen LogP contribution is 2.36. The van der Waals surface area contributed by atoms with Crippen LogP contribution in [0.25, 0.3) is 11.1 Å². The van der Waals surface area contributed by atoms with E-state index in [0.29, 0.717) is 5.56 Å². The molecule has 1 fully saturated rings. The molecule has 166 valence electrons. The molecule has 1 aliphatic rings. The average molecular weight is 436 g/mol. The summed E-state index contributed by atoms with van der Waals surface area (Å²) >= 11 is 1.42. The summed E-state index contributed by atoms with van der Waals surface area (Å²) in [6.45, 7) is 11.2. The first kappa shape index (κ1) is 25.9. The number of aromatic nitrogens is 3. The fourth-order valence-corrected chi connectivity index (χ4v) is 5.30. The second-order valence-electron chi connectivity index (χ2n) is 8.41. The molecule has 0 aromatic carbocycles. The maximum atomic E-state index is 14.5. The number of pyridine rings is 1. The van der Waals surface area contributed by atoms with Crippen LogP contribution in [0.3, 0.4) is 0 Å². The monoisotopic (exact) mass is 435 g/mol. The molecule has 3 heterocycles. The minimum atomic E-state index is -0.469. The van der Waals surface area contributed by atoms with Crippen molar-refractivity contribution in [2.45, 2.75) is 56.9 Å². The molecule has 3 rings (SSSR count). The van der Waals surface area contributed by atoms with Crippen LogP contribution in [0.15, 0.2) is 24.7 Å². The van der Waals surface area contributed by atoms with Gasteiger partial charge in [-0.05, 0) is 67.4 Å². The summed E-state index contributed by atoms with van der Waals surface area (Å²) in [5, 5.41) is 27.2. The van der Waals surface area contributed by atoms with Crippen LogP contribution in [0.1, 0.15) is 46.2 Å². The van der Waals surface area contributed by atoms with E-state index in [9.17, 15) is 4.39 Å². The Balaban J connectivity index is 0.000000826. The topological polar surface area (TPSA) is 113 Å². The molecule has 2 aromatic heterocycles. The quantitative estimate of drug-likeness (QED) is 0.368.